The number of hydrogen-bond acceptors (Lipinski definition) is 3. The molecule has 2 N–H and O–H groups in total. The average Bonchev–Trinajstić information content (AvgIpc) is 2.17. The van der Waals surface area contributed by atoms with Gasteiger partial charge in [-0.1, -0.05) is 0 Å². The van der Waals surface area contributed by atoms with Crippen LogP contribution in [0.4, 0.5) is 0 Å². The van der Waals surface area contributed by atoms with Crippen molar-refractivity contribution in [1.29, 1.82) is 0 Å². The minimum atomic E-state index is -0.0453. The lowest BCUT2D eigenvalue weighted by Crippen LogP contribution is -2.21. The van der Waals surface area contributed by atoms with Gasteiger partial charge in [-0.05, 0) is 12.1 Å². The van der Waals surface area contributed by atoms with Crippen LogP contribution < -0.4 is 5.73 Å². The van der Waals surface area contributed by atoms with Gasteiger partial charge in [0.1, 0.15) is 0 Å². The van der Waals surface area contributed by atoms with E-state index in [0.717, 1.165) is 5.69 Å². The van der Waals surface area contributed by atoms with Crippen LogP contribution in [0.2, 0.25) is 0 Å². The Balaban J connectivity index is 2.86. The molecule has 1 rings (SSSR count). The van der Waals surface area contributed by atoms with E-state index >= 15 is 0 Å². The van der Waals surface area contributed by atoms with Crippen LogP contribution in [0.5, 0.6) is 0 Å². The third-order valence-corrected chi connectivity index (χ3v) is 1.69. The Morgan fingerprint density at radius 1 is 1.54 bits per heavy atom. The second kappa shape index (κ2) is 4.00. The topological polar surface area (TPSA) is 59.2 Å². The molecular weight excluding hydrogens is 166 g/mol. The van der Waals surface area contributed by atoms with Crippen molar-refractivity contribution in [3.8, 4) is 0 Å². The van der Waals surface area contributed by atoms with Gasteiger partial charge in [0.15, 0.2) is 0 Å². The van der Waals surface area contributed by atoms with E-state index in [1.165, 1.54) is 4.90 Å². The summed E-state index contributed by atoms with van der Waals surface area (Å²) in [6.45, 7) is 0.399. The van der Waals surface area contributed by atoms with Gasteiger partial charge in [0, 0.05) is 26.8 Å². The van der Waals surface area contributed by atoms with Crippen LogP contribution in [0.3, 0.4) is 0 Å². The normalized spacial score (nSPS) is 9.77. The molecule has 0 aliphatic carbocycles. The summed E-state index contributed by atoms with van der Waals surface area (Å²) in [7, 11) is 3.42. The van der Waals surface area contributed by atoms with E-state index in [1.807, 2.05) is 0 Å². The van der Waals surface area contributed by atoms with Gasteiger partial charge in [0.05, 0.1) is 11.3 Å². The monoisotopic (exact) mass is 179 g/mol. The molecule has 0 unspecified atom stereocenters. The first-order valence-electron chi connectivity index (χ1n) is 4.02. The number of nitrogens with zero attached hydrogens (tertiary/aromatic N) is 2. The number of aromatic nitrogens is 1. The standard InChI is InChI=1S/C9H13N3O/c1-12(2)9(13)7-3-4-8(5-10)11-6-7/h3-4,6H,5,10H2,1-2H3. The lowest BCUT2D eigenvalue weighted by atomic mass is 10.2. The van der Waals surface area contributed by atoms with Gasteiger partial charge in [-0.3, -0.25) is 9.78 Å². The van der Waals surface area contributed by atoms with Crippen molar-refractivity contribution >= 4 is 5.91 Å². The maximum Gasteiger partial charge on any atom is 0.254 e. The fraction of sp³-hybridized carbons (Fsp3) is 0.333. The Kier molecular flexibility index (Phi) is 2.97. The van der Waals surface area contributed by atoms with Crippen LogP contribution in [-0.2, 0) is 6.54 Å². The van der Waals surface area contributed by atoms with Crippen LogP contribution in [0.15, 0.2) is 18.3 Å². The molecule has 1 heterocycles. The summed E-state index contributed by atoms with van der Waals surface area (Å²) in [5.41, 5.74) is 6.75. The number of carbonyl (C=O) groups excluding carboxylic acids is 1. The summed E-state index contributed by atoms with van der Waals surface area (Å²) in [4.78, 5) is 16.9. The number of hydrogen-bond donors (Lipinski definition) is 1. The summed E-state index contributed by atoms with van der Waals surface area (Å²) in [6.07, 6.45) is 1.55. The number of nitrogens with two attached hydrogens (primary N) is 1. The van der Waals surface area contributed by atoms with Crippen molar-refractivity contribution in [1.82, 2.24) is 9.88 Å². The highest BCUT2D eigenvalue weighted by molar-refractivity contribution is 5.93. The van der Waals surface area contributed by atoms with Gasteiger partial charge < -0.3 is 10.6 Å². The molecular formula is C9H13N3O. The molecule has 1 aromatic rings. The molecule has 0 radical (unpaired) electrons. The zero-order valence-corrected chi connectivity index (χ0v) is 7.82. The van der Waals surface area contributed by atoms with Crippen molar-refractivity contribution in [2.24, 2.45) is 5.73 Å². The quantitative estimate of drug-likeness (QED) is 0.707. The van der Waals surface area contributed by atoms with Gasteiger partial charge in [-0.25, -0.2) is 0 Å². The Hall–Kier alpha value is -1.42. The highest BCUT2D eigenvalue weighted by Crippen LogP contribution is 2.01. The van der Waals surface area contributed by atoms with Gasteiger partial charge in [0.25, 0.3) is 5.91 Å². The second-order valence-corrected chi connectivity index (χ2v) is 2.94. The van der Waals surface area contributed by atoms with Gasteiger partial charge in [0.2, 0.25) is 0 Å². The number of pyridine rings is 1. The number of amides is 1. The maximum atomic E-state index is 11.4. The van der Waals surface area contributed by atoms with Crippen molar-refractivity contribution < 1.29 is 4.79 Å². The van der Waals surface area contributed by atoms with E-state index in [-0.39, 0.29) is 5.91 Å². The maximum absolute atomic E-state index is 11.4. The fourth-order valence-corrected chi connectivity index (χ4v) is 0.930. The molecule has 0 fully saturated rings. The largest absolute Gasteiger partial charge is 0.345 e. The van der Waals surface area contributed by atoms with Crippen molar-refractivity contribution in [2.75, 3.05) is 14.1 Å². The molecule has 0 atom stereocenters. The minimum Gasteiger partial charge on any atom is -0.345 e. The molecule has 1 aromatic heterocycles. The third kappa shape index (κ3) is 2.26. The molecule has 1 amide bonds. The van der Waals surface area contributed by atoms with Crippen LogP contribution in [0, 0.1) is 0 Å². The Morgan fingerprint density at radius 3 is 2.62 bits per heavy atom. The van der Waals surface area contributed by atoms with Crippen LogP contribution in [-0.4, -0.2) is 29.9 Å². The van der Waals surface area contributed by atoms with Crippen molar-refractivity contribution in [3.05, 3.63) is 29.6 Å². The van der Waals surface area contributed by atoms with Crippen LogP contribution >= 0.6 is 0 Å². The second-order valence-electron chi connectivity index (χ2n) is 2.94. The van der Waals surface area contributed by atoms with Crippen LogP contribution in [0.1, 0.15) is 16.1 Å². The first-order valence-corrected chi connectivity index (χ1v) is 4.02. The molecule has 0 spiro atoms. The fourth-order valence-electron chi connectivity index (χ4n) is 0.930. The van der Waals surface area contributed by atoms with Crippen molar-refractivity contribution in [2.45, 2.75) is 6.54 Å². The predicted molar refractivity (Wildman–Crippen MR) is 50.1 cm³/mol. The predicted octanol–water partition coefficient (Wildman–Crippen LogP) is 0.242. The molecule has 0 aliphatic heterocycles. The van der Waals surface area contributed by atoms with E-state index in [9.17, 15) is 4.79 Å². The molecule has 4 nitrogen and oxygen atoms in total. The van der Waals surface area contributed by atoms with E-state index in [4.69, 9.17) is 5.73 Å². The van der Waals surface area contributed by atoms with Gasteiger partial charge in [-0.2, -0.15) is 0 Å². The third-order valence-electron chi connectivity index (χ3n) is 1.69. The summed E-state index contributed by atoms with van der Waals surface area (Å²) in [6, 6.07) is 3.49. The molecule has 4 heteroatoms. The van der Waals surface area contributed by atoms with E-state index in [2.05, 4.69) is 4.98 Å². The summed E-state index contributed by atoms with van der Waals surface area (Å²) in [5, 5.41) is 0. The molecule has 0 aliphatic rings. The Morgan fingerprint density at radius 2 is 2.23 bits per heavy atom. The smallest absolute Gasteiger partial charge is 0.254 e. The van der Waals surface area contributed by atoms with Crippen molar-refractivity contribution in [3.63, 3.8) is 0 Å². The van der Waals surface area contributed by atoms with E-state index < -0.39 is 0 Å². The SMILES string of the molecule is CN(C)C(=O)c1ccc(CN)nc1. The Labute approximate surface area is 77.4 Å². The zero-order chi connectivity index (χ0) is 9.84. The molecule has 0 bridgehead atoms. The zero-order valence-electron chi connectivity index (χ0n) is 7.82. The van der Waals surface area contributed by atoms with E-state index in [1.54, 1.807) is 32.4 Å². The molecule has 0 aromatic carbocycles. The first-order chi connectivity index (χ1) is 6.15. The Bertz CT molecular complexity index is 292. The molecule has 13 heavy (non-hydrogen) atoms. The highest BCUT2D eigenvalue weighted by atomic mass is 16.2. The molecule has 70 valence electrons. The average molecular weight is 179 g/mol. The molecule has 0 saturated heterocycles. The lowest BCUT2D eigenvalue weighted by Gasteiger charge is -2.09. The molecule has 0 saturated carbocycles. The van der Waals surface area contributed by atoms with Gasteiger partial charge in [-0.15, -0.1) is 0 Å². The first kappa shape index (κ1) is 9.67. The number of rotatable bonds is 2. The van der Waals surface area contributed by atoms with Crippen LogP contribution in [0.25, 0.3) is 0 Å². The summed E-state index contributed by atoms with van der Waals surface area (Å²) in [5.74, 6) is -0.0453. The lowest BCUT2D eigenvalue weighted by molar-refractivity contribution is 0.0827. The number of carbonyl (C=O) groups is 1. The van der Waals surface area contributed by atoms with E-state index in [0.29, 0.717) is 12.1 Å². The highest BCUT2D eigenvalue weighted by Gasteiger charge is 2.07. The summed E-state index contributed by atoms with van der Waals surface area (Å²) >= 11 is 0. The minimum absolute atomic E-state index is 0.0453. The van der Waals surface area contributed by atoms with Gasteiger partial charge >= 0.3 is 0 Å². The summed E-state index contributed by atoms with van der Waals surface area (Å²) < 4.78 is 0.